The molecular weight excluding hydrogens is 1870 g/mol. The molecule has 30 nitrogen and oxygen atoms in total. The maximum Gasteiger partial charge on any atom is 0.272 e. The van der Waals surface area contributed by atoms with Crippen LogP contribution in [0, 0.1) is 29.6 Å². The zero-order valence-electron chi connectivity index (χ0n) is 83.2. The fraction of sp³-hybridized carbons (Fsp3) is 0.464. The van der Waals surface area contributed by atoms with Crippen LogP contribution < -0.4 is 28.4 Å². The van der Waals surface area contributed by atoms with Gasteiger partial charge in [0, 0.05) is 108 Å². The Labute approximate surface area is 849 Å². The molecule has 0 N–H and O–H groups in total. The summed E-state index contributed by atoms with van der Waals surface area (Å²) in [5, 5.41) is 27.0. The number of hydrogen-bond acceptors (Lipinski definition) is 18. The molecule has 6 aromatic carbocycles. The number of para-hydroxylation sites is 6. The van der Waals surface area contributed by atoms with Crippen LogP contribution in [-0.4, -0.2) is 223 Å². The number of carbonyl (C=O) groups excluding carboxylic acids is 6. The second kappa shape index (κ2) is 44.5. The normalized spacial score (nSPS) is 23.8. The van der Waals surface area contributed by atoms with Gasteiger partial charge < -0.3 is 57.8 Å². The molecule has 6 aromatic heterocycles. The van der Waals surface area contributed by atoms with Gasteiger partial charge >= 0.3 is 0 Å². The second-order valence-corrected chi connectivity index (χ2v) is 41.3. The first kappa shape index (κ1) is 102. The summed E-state index contributed by atoms with van der Waals surface area (Å²) in [4.78, 5) is 87.5. The molecule has 6 aliphatic carbocycles. The van der Waals surface area contributed by atoms with Gasteiger partial charge in [-0.25, -0.2) is 17.6 Å². The highest BCUT2D eigenvalue weighted by molar-refractivity contribution is 5.96. The topological polar surface area (TPSA) is 284 Å². The molecule has 6 fully saturated rings. The van der Waals surface area contributed by atoms with Crippen LogP contribution in [0.5, 0.6) is 34.5 Å². The summed E-state index contributed by atoms with van der Waals surface area (Å²) in [6.07, 6.45) is 10.5. The van der Waals surface area contributed by atoms with Gasteiger partial charge in [-0.2, -0.15) is 30.6 Å². The smallest absolute Gasteiger partial charge is 0.272 e. The first-order valence-corrected chi connectivity index (χ1v) is 51.1. The van der Waals surface area contributed by atoms with Crippen molar-refractivity contribution in [2.24, 2.45) is 29.6 Å². The van der Waals surface area contributed by atoms with E-state index in [9.17, 15) is 46.3 Å². The molecule has 6 aliphatic heterocycles. The Balaban J connectivity index is 0.000000115. The number of ether oxygens (including phenoxy) is 6. The number of rotatable bonds is 29. The molecule has 146 heavy (non-hydrogen) atoms. The van der Waals surface area contributed by atoms with Gasteiger partial charge in [-0.15, -0.1) is 0 Å². The lowest BCUT2D eigenvalue weighted by Gasteiger charge is -2.42. The number of nitrogens with zero attached hydrogens (tertiary/aromatic N) is 18. The van der Waals surface area contributed by atoms with Gasteiger partial charge in [0.25, 0.3) is 35.4 Å². The highest BCUT2D eigenvalue weighted by Crippen LogP contribution is 2.50. The number of aromatic nitrogens is 12. The lowest BCUT2D eigenvalue weighted by molar-refractivity contribution is 0.00498. The van der Waals surface area contributed by atoms with Crippen LogP contribution in [-0.2, 0) is 78.9 Å². The molecule has 34 heteroatoms. The predicted octanol–water partition coefficient (Wildman–Crippen LogP) is 18.0. The average Bonchev–Trinajstić information content (AvgIpc) is 1.63. The van der Waals surface area contributed by atoms with Crippen LogP contribution in [0.3, 0.4) is 0 Å². The van der Waals surface area contributed by atoms with Gasteiger partial charge in [-0.05, 0) is 240 Å². The quantitative estimate of drug-likeness (QED) is 0.0394. The van der Waals surface area contributed by atoms with E-state index in [-0.39, 0.29) is 78.6 Å². The van der Waals surface area contributed by atoms with Crippen LogP contribution in [0.4, 0.5) is 17.6 Å². The minimum Gasteiger partial charge on any atom is -0.487 e. The van der Waals surface area contributed by atoms with Crippen molar-refractivity contribution in [1.29, 1.82) is 0 Å². The molecule has 12 aliphatic rings. The third-order valence-electron chi connectivity index (χ3n) is 29.4. The van der Waals surface area contributed by atoms with E-state index >= 15 is 0 Å². The Morgan fingerprint density at radius 1 is 0.295 bits per heavy atom. The summed E-state index contributed by atoms with van der Waals surface area (Å²) in [7, 11) is 0. The molecule has 0 saturated heterocycles. The van der Waals surface area contributed by atoms with E-state index in [2.05, 4.69) is 37.5 Å². The number of hydrogen-bond donors (Lipinski definition) is 0. The summed E-state index contributed by atoms with van der Waals surface area (Å²) in [6.45, 7) is 22.5. The van der Waals surface area contributed by atoms with Crippen molar-refractivity contribution in [2.45, 2.75) is 246 Å². The number of amides is 6. The van der Waals surface area contributed by atoms with Gasteiger partial charge in [0.2, 0.25) is 0 Å². The molecule has 770 valence electrons. The van der Waals surface area contributed by atoms with E-state index in [1.54, 1.807) is 85.4 Å². The molecule has 0 spiro atoms. The summed E-state index contributed by atoms with van der Waals surface area (Å²) in [6, 6.07) is 69.1. The third kappa shape index (κ3) is 25.3. The van der Waals surface area contributed by atoms with Crippen molar-refractivity contribution >= 4 is 35.4 Å². The van der Waals surface area contributed by atoms with E-state index < -0.39 is 22.7 Å². The van der Waals surface area contributed by atoms with E-state index in [1.165, 1.54) is 19.3 Å². The lowest BCUT2D eigenvalue weighted by atomic mass is 9.73. The van der Waals surface area contributed by atoms with Gasteiger partial charge in [0.1, 0.15) is 165 Å². The average molecular weight is 2000 g/mol. The van der Waals surface area contributed by atoms with E-state index in [0.717, 1.165) is 121 Å². The Morgan fingerprint density at radius 2 is 0.589 bits per heavy atom. The van der Waals surface area contributed by atoms with Crippen molar-refractivity contribution < 1.29 is 74.8 Å². The van der Waals surface area contributed by atoms with Crippen molar-refractivity contribution in [3.8, 4) is 34.5 Å². The Bertz CT molecular complexity index is 6420. The minimum absolute atomic E-state index is 0. The van der Waals surface area contributed by atoms with E-state index in [1.807, 2.05) is 225 Å². The van der Waals surface area contributed by atoms with Crippen molar-refractivity contribution in [1.82, 2.24) is 88.1 Å². The highest BCUT2D eigenvalue weighted by atomic mass is 19.2. The Kier molecular flexibility index (Phi) is 31.1. The summed E-state index contributed by atoms with van der Waals surface area (Å²) >= 11 is 0. The number of carbonyl (C=O) groups is 6. The fourth-order valence-electron chi connectivity index (χ4n) is 20.0. The highest BCUT2D eigenvalue weighted by Gasteiger charge is 2.55. The minimum atomic E-state index is -1.12. The van der Waals surface area contributed by atoms with E-state index in [0.29, 0.717) is 190 Å². The van der Waals surface area contributed by atoms with Gasteiger partial charge in [0.05, 0.1) is 26.2 Å². The zero-order valence-corrected chi connectivity index (χ0v) is 83.2. The van der Waals surface area contributed by atoms with Gasteiger partial charge in [-0.1, -0.05) is 117 Å². The van der Waals surface area contributed by atoms with E-state index in [4.69, 9.17) is 28.4 Å². The zero-order chi connectivity index (χ0) is 101. The van der Waals surface area contributed by atoms with Crippen LogP contribution in [0.25, 0.3) is 0 Å². The SMILES string of the molecule is C.CC1(F)CC(CN2CCn3nc(COc4ccccc4)cc3C2=O)C1.CC1(F)CC1CN1CCCn2nc(COc3ccccc3)cc2C1=O.CC1(F)C[C@H]1CN1CCn2nc(COc3ccccc3)cc2C1=O.CC1CCn2nc(COc3ccccc3)cc2C(=O)N1CC1CC1.C[C@@H]1Cn2nc(COc3ccccc3)cc2C(=O)N1CC1CC1(C)F.O=C1c2cc(COc3ccccc3)nn2CCN1C1CCC1. The van der Waals surface area contributed by atoms with Gasteiger partial charge in [-0.3, -0.25) is 56.9 Å². The molecule has 8 atom stereocenters. The lowest BCUT2D eigenvalue weighted by Crippen LogP contribution is -2.49. The largest absolute Gasteiger partial charge is 0.487 e. The molecule has 24 rings (SSSR count). The van der Waals surface area contributed by atoms with Crippen LogP contribution in [0.2, 0.25) is 0 Å². The molecule has 6 unspecified atom stereocenters. The number of aryl methyl sites for hydroxylation is 2. The Hall–Kier alpha value is -14.1. The fourth-order valence-corrected chi connectivity index (χ4v) is 20.0. The molecule has 12 aromatic rings. The summed E-state index contributed by atoms with van der Waals surface area (Å²) < 4.78 is 100. The second-order valence-electron chi connectivity index (χ2n) is 41.3. The first-order valence-electron chi connectivity index (χ1n) is 51.1. The summed E-state index contributed by atoms with van der Waals surface area (Å²) in [5.41, 5.74) is 3.86. The molecule has 0 bridgehead atoms. The summed E-state index contributed by atoms with van der Waals surface area (Å²) in [5.74, 6) is 5.61. The number of fused-ring (bicyclic) bond motifs is 6. The number of benzene rings is 6. The maximum absolute atomic E-state index is 13.9. The standard InChI is InChI=1S/3C19H22FN3O2.C19H23N3O2.C18H20FN3O2.C17H19N3O2.CH4/c1-13-10-23-17(18(24)22(13)11-14-9-19(14,2)20)8-15(21-23)12-25-16-6-4-3-5-7-16;1-19(20)11-14(19)12-22-8-5-9-23-17(18(22)24)10-15(21-23)13-25-16-6-3-2-4-7-16;1-19(20)10-14(11-19)12-22-7-8-23-17(18(22)24)9-15(21-23)13-25-16-5-3-2-4-6-16;1-14-9-10-22-18(19(23)21(14)12-15-7-8-15)11-16(20-22)13-24-17-5-3-2-4-6-17;1-18(19)10-13(18)11-21-7-8-22-16(17(21)23)9-14(20-22)12-24-15-5-3-2-4-6-15;21-17-16-11-13(12-22-15-7-2-1-3-8-15)18-20(16)10-9-19(17)14-5-4-6-14;/h3-8,13-14H,9-12H2,1-2H3;2-4,6-7,10,14H,5,8-9,11-13H2,1H3;2-6,9,14H,7-8,10-13H2,1H3;2-6,11,14-15H,7-10,12-13H2,1H3;2-6,9,13H,7-8,10-12H2,1H3;1-3,7-8,11,14H,4-6,9-10,12H2;1H4/t13-,14?,19?;;;;13-,18?;;/m1...0../s1. The number of halogens is 4. The molecule has 6 saturated carbocycles. The van der Waals surface area contributed by atoms with Crippen molar-refractivity contribution in [2.75, 3.05) is 58.9 Å². The third-order valence-corrected chi connectivity index (χ3v) is 29.4. The molecular formula is C112H132F4N18O12. The van der Waals surface area contributed by atoms with Crippen LogP contribution in [0.1, 0.15) is 223 Å². The Morgan fingerprint density at radius 3 is 0.925 bits per heavy atom. The monoisotopic (exact) mass is 2000 g/mol. The van der Waals surface area contributed by atoms with Crippen molar-refractivity contribution in [3.63, 3.8) is 0 Å². The molecule has 0 radical (unpaired) electrons. The number of alkyl halides is 4. The maximum atomic E-state index is 13.9. The molecule has 6 amide bonds. The van der Waals surface area contributed by atoms with Crippen molar-refractivity contribution in [3.05, 3.63) is 287 Å². The predicted molar refractivity (Wildman–Crippen MR) is 539 cm³/mol. The van der Waals surface area contributed by atoms with Crippen LogP contribution >= 0.6 is 0 Å². The first-order chi connectivity index (χ1) is 70.0. The van der Waals surface area contributed by atoms with Gasteiger partial charge in [0.15, 0.2) is 0 Å². The van der Waals surface area contributed by atoms with Crippen LogP contribution in [0.15, 0.2) is 218 Å². The molecule has 12 heterocycles.